The summed E-state index contributed by atoms with van der Waals surface area (Å²) in [5.74, 6) is 0.110. The molecule has 17 heavy (non-hydrogen) atoms. The van der Waals surface area contributed by atoms with Crippen molar-refractivity contribution in [2.75, 3.05) is 0 Å². The van der Waals surface area contributed by atoms with Crippen LogP contribution in [0.15, 0.2) is 24.3 Å². The number of aromatic nitrogens is 3. The van der Waals surface area contributed by atoms with Gasteiger partial charge in [0.2, 0.25) is 0 Å². The third kappa shape index (κ3) is 1.60. The molecule has 0 atom stereocenters. The number of hydrogen-bond donors (Lipinski definition) is 1. The van der Waals surface area contributed by atoms with E-state index in [2.05, 4.69) is 10.3 Å². The Morgan fingerprint density at radius 2 is 2.12 bits per heavy atom. The summed E-state index contributed by atoms with van der Waals surface area (Å²) in [4.78, 5) is 11.1. The van der Waals surface area contributed by atoms with Crippen LogP contribution in [-0.4, -0.2) is 26.4 Å². The zero-order valence-electron chi connectivity index (χ0n) is 9.08. The van der Waals surface area contributed by atoms with Crippen molar-refractivity contribution in [1.29, 1.82) is 0 Å². The van der Waals surface area contributed by atoms with Crippen LogP contribution < -0.4 is 0 Å². The molecule has 0 amide bonds. The minimum absolute atomic E-state index is 0.110. The molecule has 1 N–H and O–H groups in total. The number of para-hydroxylation sites is 1. The number of aromatic hydroxyl groups is 1. The summed E-state index contributed by atoms with van der Waals surface area (Å²) < 4.78 is 1.65. The normalized spacial score (nSPS) is 14.8. The van der Waals surface area contributed by atoms with Gasteiger partial charge in [-0.2, -0.15) is 0 Å². The number of rotatable bonds is 3. The van der Waals surface area contributed by atoms with Gasteiger partial charge < -0.3 is 5.11 Å². The average molecular weight is 229 g/mol. The van der Waals surface area contributed by atoms with Crippen molar-refractivity contribution in [2.45, 2.75) is 18.9 Å². The highest BCUT2D eigenvalue weighted by Crippen LogP contribution is 2.37. The van der Waals surface area contributed by atoms with E-state index in [0.717, 1.165) is 19.1 Å². The number of phenolic OH excluding ortho intramolecular Hbond substituents is 1. The third-order valence-electron chi connectivity index (χ3n) is 2.89. The average Bonchev–Trinajstić information content (AvgIpc) is 3.10. The van der Waals surface area contributed by atoms with E-state index in [-0.39, 0.29) is 5.75 Å². The second-order valence-corrected chi connectivity index (χ2v) is 4.13. The van der Waals surface area contributed by atoms with Crippen molar-refractivity contribution >= 4 is 6.29 Å². The van der Waals surface area contributed by atoms with E-state index in [1.165, 1.54) is 0 Å². The van der Waals surface area contributed by atoms with Gasteiger partial charge in [0.25, 0.3) is 0 Å². The van der Waals surface area contributed by atoms with Crippen LogP contribution >= 0.6 is 0 Å². The number of phenols is 1. The predicted molar refractivity (Wildman–Crippen MR) is 60.8 cm³/mol. The fourth-order valence-electron chi connectivity index (χ4n) is 1.87. The quantitative estimate of drug-likeness (QED) is 0.815. The molecule has 2 aromatic rings. The lowest BCUT2D eigenvalue weighted by molar-refractivity contribution is 0.111. The Bertz CT molecular complexity index is 573. The SMILES string of the molecule is O=Cc1c(-c2ccccc2O)nnn1C1CC1. The Kier molecular flexibility index (Phi) is 2.18. The molecule has 0 aliphatic heterocycles. The maximum atomic E-state index is 11.1. The maximum Gasteiger partial charge on any atom is 0.170 e. The van der Waals surface area contributed by atoms with Crippen molar-refractivity contribution in [3.63, 3.8) is 0 Å². The molecule has 0 saturated heterocycles. The Hall–Kier alpha value is -2.17. The summed E-state index contributed by atoms with van der Waals surface area (Å²) in [6, 6.07) is 7.11. The van der Waals surface area contributed by atoms with Gasteiger partial charge in [0.1, 0.15) is 17.1 Å². The van der Waals surface area contributed by atoms with Crippen LogP contribution in [0, 0.1) is 0 Å². The summed E-state index contributed by atoms with van der Waals surface area (Å²) in [7, 11) is 0. The van der Waals surface area contributed by atoms with Gasteiger partial charge in [0.15, 0.2) is 6.29 Å². The summed E-state index contributed by atoms with van der Waals surface area (Å²) in [5.41, 5.74) is 1.43. The van der Waals surface area contributed by atoms with Gasteiger partial charge in [-0.15, -0.1) is 5.10 Å². The summed E-state index contributed by atoms with van der Waals surface area (Å²) >= 11 is 0. The van der Waals surface area contributed by atoms with Gasteiger partial charge in [0, 0.05) is 5.56 Å². The summed E-state index contributed by atoms with van der Waals surface area (Å²) in [6.07, 6.45) is 2.81. The molecule has 3 rings (SSSR count). The van der Waals surface area contributed by atoms with E-state index >= 15 is 0 Å². The van der Waals surface area contributed by atoms with Crippen molar-refractivity contribution in [3.8, 4) is 17.0 Å². The fraction of sp³-hybridized carbons (Fsp3) is 0.250. The third-order valence-corrected chi connectivity index (χ3v) is 2.89. The molecular formula is C12H11N3O2. The van der Waals surface area contributed by atoms with Crippen LogP contribution in [0.2, 0.25) is 0 Å². The number of aldehydes is 1. The van der Waals surface area contributed by atoms with E-state index in [4.69, 9.17) is 0 Å². The molecule has 86 valence electrons. The highest BCUT2D eigenvalue weighted by molar-refractivity contribution is 5.85. The van der Waals surface area contributed by atoms with Crippen LogP contribution in [0.1, 0.15) is 29.4 Å². The fourth-order valence-corrected chi connectivity index (χ4v) is 1.87. The number of hydrogen-bond acceptors (Lipinski definition) is 4. The van der Waals surface area contributed by atoms with E-state index in [1.54, 1.807) is 28.9 Å². The molecule has 5 nitrogen and oxygen atoms in total. The second kappa shape index (κ2) is 3.69. The molecule has 0 radical (unpaired) electrons. The van der Waals surface area contributed by atoms with Gasteiger partial charge in [-0.3, -0.25) is 4.79 Å². The zero-order valence-corrected chi connectivity index (χ0v) is 9.08. The Morgan fingerprint density at radius 1 is 1.35 bits per heavy atom. The summed E-state index contributed by atoms with van der Waals surface area (Å²) in [6.45, 7) is 0. The van der Waals surface area contributed by atoms with Crippen molar-refractivity contribution in [3.05, 3.63) is 30.0 Å². The van der Waals surface area contributed by atoms with Crippen LogP contribution in [-0.2, 0) is 0 Å². The van der Waals surface area contributed by atoms with E-state index in [0.29, 0.717) is 23.0 Å². The maximum absolute atomic E-state index is 11.1. The Balaban J connectivity index is 2.14. The molecule has 1 aliphatic carbocycles. The molecule has 1 aromatic carbocycles. The first-order valence-electron chi connectivity index (χ1n) is 5.50. The van der Waals surface area contributed by atoms with Gasteiger partial charge in [0.05, 0.1) is 6.04 Å². The first kappa shape index (κ1) is 10.0. The molecule has 1 fully saturated rings. The second-order valence-electron chi connectivity index (χ2n) is 4.13. The molecule has 1 aromatic heterocycles. The number of carbonyl (C=O) groups is 1. The first-order valence-corrected chi connectivity index (χ1v) is 5.50. The number of nitrogens with zero attached hydrogens (tertiary/aromatic N) is 3. The monoisotopic (exact) mass is 229 g/mol. The van der Waals surface area contributed by atoms with E-state index < -0.39 is 0 Å². The Morgan fingerprint density at radius 3 is 2.76 bits per heavy atom. The van der Waals surface area contributed by atoms with Crippen LogP contribution in [0.4, 0.5) is 0 Å². The molecular weight excluding hydrogens is 218 g/mol. The minimum atomic E-state index is 0.110. The molecule has 0 unspecified atom stereocenters. The number of benzene rings is 1. The van der Waals surface area contributed by atoms with Crippen molar-refractivity contribution in [1.82, 2.24) is 15.0 Å². The molecule has 1 saturated carbocycles. The zero-order chi connectivity index (χ0) is 11.8. The van der Waals surface area contributed by atoms with Crippen LogP contribution in [0.25, 0.3) is 11.3 Å². The highest BCUT2D eigenvalue weighted by Gasteiger charge is 2.29. The minimum Gasteiger partial charge on any atom is -0.507 e. The summed E-state index contributed by atoms with van der Waals surface area (Å²) in [5, 5.41) is 17.7. The molecule has 0 bridgehead atoms. The van der Waals surface area contributed by atoms with Gasteiger partial charge in [-0.05, 0) is 25.0 Å². The standard InChI is InChI=1S/C12H11N3O2/c16-7-10-12(9-3-1-2-4-11(9)17)13-14-15(10)8-5-6-8/h1-4,7-8,17H,5-6H2. The number of carbonyl (C=O) groups excluding carboxylic acids is 1. The lowest BCUT2D eigenvalue weighted by Crippen LogP contribution is -2.01. The lowest BCUT2D eigenvalue weighted by Gasteiger charge is -2.02. The Labute approximate surface area is 97.7 Å². The first-order chi connectivity index (χ1) is 8.31. The predicted octanol–water partition coefficient (Wildman–Crippen LogP) is 1.80. The molecule has 1 heterocycles. The van der Waals surface area contributed by atoms with Crippen molar-refractivity contribution < 1.29 is 9.90 Å². The molecule has 5 heteroatoms. The van der Waals surface area contributed by atoms with E-state index in [1.807, 2.05) is 0 Å². The molecule has 1 aliphatic rings. The topological polar surface area (TPSA) is 68.0 Å². The smallest absolute Gasteiger partial charge is 0.170 e. The van der Waals surface area contributed by atoms with Crippen LogP contribution in [0.5, 0.6) is 5.75 Å². The van der Waals surface area contributed by atoms with Crippen molar-refractivity contribution in [2.24, 2.45) is 0 Å². The highest BCUT2D eigenvalue weighted by atomic mass is 16.3. The molecule has 0 spiro atoms. The van der Waals surface area contributed by atoms with Gasteiger partial charge in [-0.1, -0.05) is 17.3 Å². The van der Waals surface area contributed by atoms with Gasteiger partial charge in [-0.25, -0.2) is 4.68 Å². The lowest BCUT2D eigenvalue weighted by atomic mass is 10.1. The van der Waals surface area contributed by atoms with Gasteiger partial charge >= 0.3 is 0 Å². The van der Waals surface area contributed by atoms with Crippen LogP contribution in [0.3, 0.4) is 0 Å². The van der Waals surface area contributed by atoms with E-state index in [9.17, 15) is 9.90 Å². The largest absolute Gasteiger partial charge is 0.507 e.